The van der Waals surface area contributed by atoms with Gasteiger partial charge in [-0.1, -0.05) is 58.0 Å². The van der Waals surface area contributed by atoms with Crippen molar-refractivity contribution in [1.82, 2.24) is 4.90 Å². The monoisotopic (exact) mass is 274 g/mol. The first-order valence-corrected chi connectivity index (χ1v) is 7.98. The molecule has 1 saturated heterocycles. The second kappa shape index (κ2) is 6.28. The van der Waals surface area contributed by atoms with Gasteiger partial charge in [0, 0.05) is 18.6 Å². The number of likely N-dealkylation sites (tertiary alicyclic amines) is 1. The van der Waals surface area contributed by atoms with Crippen LogP contribution in [0.1, 0.15) is 52.0 Å². The zero-order valence-corrected chi connectivity index (χ0v) is 13.5. The predicted molar refractivity (Wildman–Crippen MR) is 86.9 cm³/mol. The minimum absolute atomic E-state index is 0.237. The number of nitrogens with two attached hydrogens (primary N) is 1. The Labute approximate surface area is 124 Å². The topological polar surface area (TPSA) is 29.3 Å². The maximum Gasteiger partial charge on any atom is 0.0295 e. The summed E-state index contributed by atoms with van der Waals surface area (Å²) in [6.45, 7) is 11.5. The summed E-state index contributed by atoms with van der Waals surface area (Å²) in [5.74, 6) is 0.671. The van der Waals surface area contributed by atoms with Crippen LogP contribution in [-0.2, 0) is 0 Å². The van der Waals surface area contributed by atoms with Crippen LogP contribution in [0.3, 0.4) is 0 Å². The molecule has 0 spiro atoms. The van der Waals surface area contributed by atoms with Crippen LogP contribution in [0, 0.1) is 5.41 Å². The molecule has 1 fully saturated rings. The van der Waals surface area contributed by atoms with E-state index in [1.165, 1.54) is 18.5 Å². The molecule has 1 aromatic carbocycles. The molecule has 2 rings (SSSR count). The minimum Gasteiger partial charge on any atom is -0.326 e. The van der Waals surface area contributed by atoms with Crippen LogP contribution >= 0.6 is 0 Å². The van der Waals surface area contributed by atoms with Gasteiger partial charge in [0.25, 0.3) is 0 Å². The highest BCUT2D eigenvalue weighted by Crippen LogP contribution is 2.35. The summed E-state index contributed by atoms with van der Waals surface area (Å²) < 4.78 is 0. The summed E-state index contributed by atoms with van der Waals surface area (Å²) in [6.07, 6.45) is 2.31. The lowest BCUT2D eigenvalue weighted by Crippen LogP contribution is -2.53. The second-order valence-corrected chi connectivity index (χ2v) is 7.27. The molecule has 3 unspecified atom stereocenters. The van der Waals surface area contributed by atoms with Gasteiger partial charge in [-0.05, 0) is 36.3 Å². The van der Waals surface area contributed by atoms with Gasteiger partial charge in [-0.15, -0.1) is 0 Å². The van der Waals surface area contributed by atoms with Gasteiger partial charge in [0.2, 0.25) is 0 Å². The van der Waals surface area contributed by atoms with Crippen LogP contribution < -0.4 is 5.73 Å². The molecule has 3 atom stereocenters. The van der Waals surface area contributed by atoms with Crippen LogP contribution in [0.5, 0.6) is 0 Å². The van der Waals surface area contributed by atoms with E-state index in [4.69, 9.17) is 5.73 Å². The zero-order valence-electron chi connectivity index (χ0n) is 13.5. The van der Waals surface area contributed by atoms with Crippen LogP contribution in [0.4, 0.5) is 0 Å². The summed E-state index contributed by atoms with van der Waals surface area (Å²) in [5.41, 5.74) is 8.14. The van der Waals surface area contributed by atoms with Crippen molar-refractivity contribution in [1.29, 1.82) is 0 Å². The van der Waals surface area contributed by atoms with Gasteiger partial charge in [0.15, 0.2) is 0 Å². The maximum absolute atomic E-state index is 6.43. The summed E-state index contributed by atoms with van der Waals surface area (Å²) >= 11 is 0. The van der Waals surface area contributed by atoms with Crippen molar-refractivity contribution >= 4 is 0 Å². The molecule has 0 amide bonds. The Kier molecular flexibility index (Phi) is 4.87. The first kappa shape index (κ1) is 15.5. The van der Waals surface area contributed by atoms with Gasteiger partial charge in [0.1, 0.15) is 0 Å². The quantitative estimate of drug-likeness (QED) is 0.908. The largest absolute Gasteiger partial charge is 0.326 e. The molecule has 0 aromatic heterocycles. The molecular formula is C18H30N2. The fourth-order valence-corrected chi connectivity index (χ4v) is 3.72. The van der Waals surface area contributed by atoms with Crippen molar-refractivity contribution in [2.75, 3.05) is 13.1 Å². The molecule has 20 heavy (non-hydrogen) atoms. The number of rotatable bonds is 4. The van der Waals surface area contributed by atoms with E-state index in [1.54, 1.807) is 0 Å². The highest BCUT2D eigenvalue weighted by Gasteiger charge is 2.38. The van der Waals surface area contributed by atoms with Crippen molar-refractivity contribution in [2.24, 2.45) is 11.1 Å². The normalized spacial score (nSPS) is 23.8. The molecule has 0 radical (unpaired) electrons. The average Bonchev–Trinajstić information content (AvgIpc) is 2.87. The molecule has 0 saturated carbocycles. The molecule has 2 nitrogen and oxygen atoms in total. The molecule has 2 N–H and O–H groups in total. The average molecular weight is 274 g/mol. The highest BCUT2D eigenvalue weighted by atomic mass is 15.2. The van der Waals surface area contributed by atoms with Gasteiger partial charge in [0.05, 0.1) is 0 Å². The summed E-state index contributed by atoms with van der Waals surface area (Å²) in [7, 11) is 0. The number of hydrogen-bond acceptors (Lipinski definition) is 2. The van der Waals surface area contributed by atoms with Crippen LogP contribution in [0.2, 0.25) is 0 Å². The maximum atomic E-state index is 6.43. The first-order valence-electron chi connectivity index (χ1n) is 7.98. The highest BCUT2D eigenvalue weighted by molar-refractivity contribution is 5.21. The van der Waals surface area contributed by atoms with Crippen molar-refractivity contribution in [3.63, 3.8) is 0 Å². The lowest BCUT2D eigenvalue weighted by Gasteiger charge is -2.41. The van der Waals surface area contributed by atoms with E-state index in [9.17, 15) is 0 Å². The summed E-state index contributed by atoms with van der Waals surface area (Å²) in [4.78, 5) is 2.63. The third-order valence-corrected chi connectivity index (χ3v) is 4.65. The van der Waals surface area contributed by atoms with Crippen molar-refractivity contribution in [2.45, 2.75) is 58.5 Å². The summed E-state index contributed by atoms with van der Waals surface area (Å²) in [6, 6.07) is 11.7. The Bertz CT molecular complexity index is 407. The van der Waals surface area contributed by atoms with Gasteiger partial charge in [-0.2, -0.15) is 0 Å². The fraction of sp³-hybridized carbons (Fsp3) is 0.667. The van der Waals surface area contributed by atoms with Crippen molar-refractivity contribution in [3.05, 3.63) is 35.9 Å². The van der Waals surface area contributed by atoms with Crippen LogP contribution in [-0.4, -0.2) is 30.1 Å². The van der Waals surface area contributed by atoms with E-state index >= 15 is 0 Å². The van der Waals surface area contributed by atoms with Crippen LogP contribution in [0.25, 0.3) is 0 Å². The lowest BCUT2D eigenvalue weighted by molar-refractivity contribution is 0.0971. The van der Waals surface area contributed by atoms with Crippen LogP contribution in [0.15, 0.2) is 30.3 Å². The Morgan fingerprint density at radius 2 is 1.90 bits per heavy atom. The SMILES string of the molecule is CCC(N)C(N1CCC(c2ccccc2)C1)C(C)(C)C. The second-order valence-electron chi connectivity index (χ2n) is 7.27. The Morgan fingerprint density at radius 1 is 1.25 bits per heavy atom. The van der Waals surface area contributed by atoms with Gasteiger partial charge in [-0.25, -0.2) is 0 Å². The van der Waals surface area contributed by atoms with E-state index in [-0.39, 0.29) is 11.5 Å². The zero-order chi connectivity index (χ0) is 14.8. The third kappa shape index (κ3) is 3.42. The lowest BCUT2D eigenvalue weighted by atomic mass is 9.80. The minimum atomic E-state index is 0.237. The molecule has 0 aliphatic carbocycles. The van der Waals surface area contributed by atoms with Gasteiger partial charge >= 0.3 is 0 Å². The molecular weight excluding hydrogens is 244 g/mol. The first-order chi connectivity index (χ1) is 9.43. The smallest absolute Gasteiger partial charge is 0.0295 e. The van der Waals surface area contributed by atoms with E-state index in [1.807, 2.05) is 0 Å². The Balaban J connectivity index is 2.10. The fourth-order valence-electron chi connectivity index (χ4n) is 3.72. The Morgan fingerprint density at radius 3 is 2.45 bits per heavy atom. The van der Waals surface area contributed by atoms with Crippen molar-refractivity contribution < 1.29 is 0 Å². The summed E-state index contributed by atoms with van der Waals surface area (Å²) in [5, 5.41) is 0. The van der Waals surface area contributed by atoms with E-state index < -0.39 is 0 Å². The molecule has 1 aliphatic heterocycles. The molecule has 2 heteroatoms. The number of hydrogen-bond donors (Lipinski definition) is 1. The third-order valence-electron chi connectivity index (χ3n) is 4.65. The number of benzene rings is 1. The predicted octanol–water partition coefficient (Wildman–Crippen LogP) is 3.63. The van der Waals surface area contributed by atoms with E-state index in [2.05, 4.69) is 62.9 Å². The molecule has 1 aliphatic rings. The van der Waals surface area contributed by atoms with Crippen molar-refractivity contribution in [3.8, 4) is 0 Å². The standard InChI is InChI=1S/C18H30N2/c1-5-16(19)17(18(2,3)4)20-12-11-15(13-20)14-9-7-6-8-10-14/h6-10,15-17H,5,11-13,19H2,1-4H3. The molecule has 1 heterocycles. The van der Waals surface area contributed by atoms with E-state index in [0.717, 1.165) is 13.0 Å². The number of nitrogens with zero attached hydrogens (tertiary/aromatic N) is 1. The molecule has 112 valence electrons. The molecule has 0 bridgehead atoms. The molecule has 1 aromatic rings. The van der Waals surface area contributed by atoms with Gasteiger partial charge < -0.3 is 5.73 Å². The Hall–Kier alpha value is -0.860. The van der Waals surface area contributed by atoms with Gasteiger partial charge in [-0.3, -0.25) is 4.90 Å². The van der Waals surface area contributed by atoms with E-state index in [0.29, 0.717) is 12.0 Å².